The van der Waals surface area contributed by atoms with E-state index in [1.54, 1.807) is 11.3 Å². The number of nitrogens with zero attached hydrogens (tertiary/aromatic N) is 1. The molecule has 0 saturated heterocycles. The smallest absolute Gasteiger partial charge is 0.107 e. The third-order valence-electron chi connectivity index (χ3n) is 2.83. The van der Waals surface area contributed by atoms with Crippen LogP contribution in [0.5, 0.6) is 0 Å². The van der Waals surface area contributed by atoms with E-state index < -0.39 is 0 Å². The Morgan fingerprint density at radius 2 is 2.41 bits per heavy atom. The average molecular weight is 312 g/mol. The molecule has 0 aromatic carbocycles. The molecule has 0 unspecified atom stereocenters. The maximum atomic E-state index is 4.41. The van der Waals surface area contributed by atoms with E-state index in [4.69, 9.17) is 0 Å². The number of aromatic nitrogens is 2. The van der Waals surface area contributed by atoms with Gasteiger partial charge < -0.3 is 10.3 Å². The molecule has 1 saturated carbocycles. The van der Waals surface area contributed by atoms with Crippen molar-refractivity contribution in [2.45, 2.75) is 25.3 Å². The van der Waals surface area contributed by atoms with Crippen LogP contribution >= 0.6 is 27.3 Å². The van der Waals surface area contributed by atoms with Crippen molar-refractivity contribution in [3.63, 3.8) is 0 Å². The van der Waals surface area contributed by atoms with Crippen molar-refractivity contribution in [2.75, 3.05) is 6.54 Å². The van der Waals surface area contributed by atoms with E-state index in [2.05, 4.69) is 42.7 Å². The molecule has 3 rings (SSSR count). The van der Waals surface area contributed by atoms with E-state index in [-0.39, 0.29) is 0 Å². The van der Waals surface area contributed by atoms with Crippen LogP contribution in [-0.2, 0) is 6.42 Å². The first kappa shape index (κ1) is 11.4. The van der Waals surface area contributed by atoms with Crippen LogP contribution in [0, 0.1) is 0 Å². The molecule has 2 aromatic rings. The summed E-state index contributed by atoms with van der Waals surface area (Å²) in [5, 5.41) is 5.58. The normalized spacial score (nSPS) is 15.4. The third-order valence-corrected chi connectivity index (χ3v) is 4.56. The lowest BCUT2D eigenvalue weighted by Crippen LogP contribution is -2.19. The van der Waals surface area contributed by atoms with Crippen molar-refractivity contribution in [2.24, 2.45) is 0 Å². The Bertz CT molecular complexity index is 501. The van der Waals surface area contributed by atoms with Crippen LogP contribution in [0.15, 0.2) is 22.1 Å². The predicted octanol–water partition coefficient (Wildman–Crippen LogP) is 3.20. The van der Waals surface area contributed by atoms with Gasteiger partial charge in [-0.05, 0) is 34.8 Å². The number of hydrogen-bond donors (Lipinski definition) is 2. The Hall–Kier alpha value is -0.650. The van der Waals surface area contributed by atoms with E-state index in [1.807, 2.05) is 6.20 Å². The Kier molecular flexibility index (Phi) is 3.31. The number of aromatic amines is 1. The molecule has 3 nitrogen and oxygen atoms in total. The Balaban J connectivity index is 1.61. The second kappa shape index (κ2) is 4.92. The van der Waals surface area contributed by atoms with Crippen LogP contribution in [0.25, 0.3) is 10.6 Å². The van der Waals surface area contributed by atoms with Crippen molar-refractivity contribution in [1.82, 2.24) is 15.3 Å². The number of nitrogens with one attached hydrogen (secondary N) is 2. The lowest BCUT2D eigenvalue weighted by atomic mass is 10.4. The van der Waals surface area contributed by atoms with Crippen LogP contribution < -0.4 is 5.32 Å². The number of imidazole rings is 1. The molecule has 0 aliphatic heterocycles. The molecule has 0 bridgehead atoms. The molecule has 2 aromatic heterocycles. The molecule has 1 fully saturated rings. The maximum absolute atomic E-state index is 4.41. The lowest BCUT2D eigenvalue weighted by molar-refractivity contribution is 0.669. The quantitative estimate of drug-likeness (QED) is 0.890. The standard InChI is InChI=1S/C12H14BrN3S/c13-8-5-11(17-7-8)10-6-15-12(16-10)3-4-14-9-1-2-9/h5-7,9,14H,1-4H2,(H,15,16). The summed E-state index contributed by atoms with van der Waals surface area (Å²) in [4.78, 5) is 9.02. The molecule has 1 aliphatic rings. The number of H-pyrrole nitrogens is 1. The van der Waals surface area contributed by atoms with Gasteiger partial charge in [0.2, 0.25) is 0 Å². The molecule has 0 radical (unpaired) electrons. The summed E-state index contributed by atoms with van der Waals surface area (Å²) >= 11 is 5.19. The zero-order valence-electron chi connectivity index (χ0n) is 9.37. The topological polar surface area (TPSA) is 40.7 Å². The summed E-state index contributed by atoms with van der Waals surface area (Å²) in [5.74, 6) is 1.07. The molecule has 0 amide bonds. The SMILES string of the molecule is Brc1csc(-c2cnc(CCNC3CC3)[nH]2)c1. The summed E-state index contributed by atoms with van der Waals surface area (Å²) in [7, 11) is 0. The highest BCUT2D eigenvalue weighted by atomic mass is 79.9. The summed E-state index contributed by atoms with van der Waals surface area (Å²) in [5.41, 5.74) is 1.11. The van der Waals surface area contributed by atoms with E-state index in [9.17, 15) is 0 Å². The first-order chi connectivity index (χ1) is 8.31. The number of thiophene rings is 1. The van der Waals surface area contributed by atoms with Gasteiger partial charge in [0.05, 0.1) is 16.8 Å². The maximum Gasteiger partial charge on any atom is 0.107 e. The van der Waals surface area contributed by atoms with Crippen molar-refractivity contribution in [3.8, 4) is 10.6 Å². The summed E-state index contributed by atoms with van der Waals surface area (Å²) < 4.78 is 1.13. The van der Waals surface area contributed by atoms with Crippen molar-refractivity contribution in [1.29, 1.82) is 0 Å². The van der Waals surface area contributed by atoms with Crippen LogP contribution in [0.2, 0.25) is 0 Å². The van der Waals surface area contributed by atoms with E-state index >= 15 is 0 Å². The monoisotopic (exact) mass is 311 g/mol. The molecule has 2 N–H and O–H groups in total. The Morgan fingerprint density at radius 1 is 1.53 bits per heavy atom. The highest BCUT2D eigenvalue weighted by Gasteiger charge is 2.19. The Morgan fingerprint density at radius 3 is 3.12 bits per heavy atom. The van der Waals surface area contributed by atoms with E-state index in [0.717, 1.165) is 35.0 Å². The van der Waals surface area contributed by atoms with Gasteiger partial charge in [0.25, 0.3) is 0 Å². The first-order valence-corrected chi connectivity index (χ1v) is 7.50. The van der Waals surface area contributed by atoms with Crippen LogP contribution in [0.4, 0.5) is 0 Å². The van der Waals surface area contributed by atoms with Gasteiger partial charge in [-0.1, -0.05) is 0 Å². The third kappa shape index (κ3) is 2.97. The molecule has 1 aliphatic carbocycles. The van der Waals surface area contributed by atoms with Gasteiger partial charge in [0.15, 0.2) is 0 Å². The van der Waals surface area contributed by atoms with Crippen LogP contribution in [0.3, 0.4) is 0 Å². The molecule has 5 heteroatoms. The predicted molar refractivity (Wildman–Crippen MR) is 74.3 cm³/mol. The Labute approximate surface area is 113 Å². The van der Waals surface area contributed by atoms with Crippen molar-refractivity contribution >= 4 is 27.3 Å². The minimum atomic E-state index is 0.776. The first-order valence-electron chi connectivity index (χ1n) is 5.83. The minimum Gasteiger partial charge on any atom is -0.341 e. The molecule has 0 atom stereocenters. The summed E-state index contributed by atoms with van der Waals surface area (Å²) in [6.07, 6.45) is 5.58. The van der Waals surface area contributed by atoms with Gasteiger partial charge in [-0.3, -0.25) is 0 Å². The zero-order valence-corrected chi connectivity index (χ0v) is 11.8. The molecule has 17 heavy (non-hydrogen) atoms. The zero-order chi connectivity index (χ0) is 11.7. The molecule has 2 heterocycles. The van der Waals surface area contributed by atoms with E-state index in [1.165, 1.54) is 17.7 Å². The van der Waals surface area contributed by atoms with Gasteiger partial charge in [0, 0.05) is 28.9 Å². The van der Waals surface area contributed by atoms with Crippen LogP contribution in [0.1, 0.15) is 18.7 Å². The number of halogens is 1. The molecule has 90 valence electrons. The fourth-order valence-corrected chi connectivity index (χ4v) is 3.15. The van der Waals surface area contributed by atoms with Crippen molar-refractivity contribution in [3.05, 3.63) is 27.9 Å². The fraction of sp³-hybridized carbons (Fsp3) is 0.417. The molecule has 0 spiro atoms. The van der Waals surface area contributed by atoms with Gasteiger partial charge in [-0.2, -0.15) is 0 Å². The minimum absolute atomic E-state index is 0.776. The van der Waals surface area contributed by atoms with Crippen molar-refractivity contribution < 1.29 is 0 Å². The number of rotatable bonds is 5. The van der Waals surface area contributed by atoms with Gasteiger partial charge in [-0.25, -0.2) is 4.98 Å². The molecular weight excluding hydrogens is 298 g/mol. The van der Waals surface area contributed by atoms with Gasteiger partial charge in [0.1, 0.15) is 5.82 Å². The molecular formula is C12H14BrN3S. The van der Waals surface area contributed by atoms with Gasteiger partial charge >= 0.3 is 0 Å². The van der Waals surface area contributed by atoms with Gasteiger partial charge in [-0.15, -0.1) is 11.3 Å². The van der Waals surface area contributed by atoms with E-state index in [0.29, 0.717) is 0 Å². The second-order valence-electron chi connectivity index (χ2n) is 4.35. The largest absolute Gasteiger partial charge is 0.341 e. The highest BCUT2D eigenvalue weighted by Crippen LogP contribution is 2.28. The lowest BCUT2D eigenvalue weighted by Gasteiger charge is -1.99. The van der Waals surface area contributed by atoms with Crippen LogP contribution in [-0.4, -0.2) is 22.6 Å². The summed E-state index contributed by atoms with van der Waals surface area (Å²) in [6, 6.07) is 2.89. The highest BCUT2D eigenvalue weighted by molar-refractivity contribution is 9.10. The fourth-order valence-electron chi connectivity index (χ4n) is 1.75. The second-order valence-corrected chi connectivity index (χ2v) is 6.18. The number of hydrogen-bond acceptors (Lipinski definition) is 3. The summed E-state index contributed by atoms with van der Waals surface area (Å²) in [6.45, 7) is 1.02. The average Bonchev–Trinajstić information content (AvgIpc) is 2.85.